The maximum Gasteiger partial charge on any atom is 0.407 e. The van der Waals surface area contributed by atoms with Gasteiger partial charge in [-0.15, -0.1) is 0 Å². The first-order valence-corrected chi connectivity index (χ1v) is 10.8. The van der Waals surface area contributed by atoms with Crippen molar-refractivity contribution in [2.75, 3.05) is 20.3 Å². The zero-order chi connectivity index (χ0) is 23.4. The topological polar surface area (TPSA) is 88.0 Å². The van der Waals surface area contributed by atoms with Crippen LogP contribution >= 0.6 is 0 Å². The Labute approximate surface area is 191 Å². The molecule has 3 aromatic rings. The highest BCUT2D eigenvalue weighted by molar-refractivity contribution is 5.79. The molecular weight excluding hydrogens is 425 g/mol. The molecule has 0 saturated heterocycles. The number of aliphatic hydroxyl groups excluding tert-OH is 2. The van der Waals surface area contributed by atoms with E-state index in [1.807, 2.05) is 36.4 Å². The van der Waals surface area contributed by atoms with Gasteiger partial charge >= 0.3 is 6.09 Å². The molecule has 0 aromatic heterocycles. The molecule has 33 heavy (non-hydrogen) atoms. The van der Waals surface area contributed by atoms with Gasteiger partial charge in [0.05, 0.1) is 13.2 Å². The highest BCUT2D eigenvalue weighted by Crippen LogP contribution is 2.44. The van der Waals surface area contributed by atoms with E-state index in [0.717, 1.165) is 28.3 Å². The van der Waals surface area contributed by atoms with Crippen LogP contribution in [0.1, 0.15) is 35.1 Å². The lowest BCUT2D eigenvalue weighted by Gasteiger charge is -2.20. The van der Waals surface area contributed by atoms with Crippen molar-refractivity contribution in [1.29, 1.82) is 0 Å². The molecule has 172 valence electrons. The number of methoxy groups -OCH3 is 1. The van der Waals surface area contributed by atoms with Crippen molar-refractivity contribution in [3.05, 3.63) is 89.2 Å². The van der Waals surface area contributed by atoms with Crippen LogP contribution in [0.25, 0.3) is 11.1 Å². The summed E-state index contributed by atoms with van der Waals surface area (Å²) in [5, 5.41) is 23.3. The van der Waals surface area contributed by atoms with E-state index in [0.29, 0.717) is 0 Å². The quantitative estimate of drug-likeness (QED) is 0.479. The lowest BCUT2D eigenvalue weighted by Crippen LogP contribution is -2.30. The van der Waals surface area contributed by atoms with Gasteiger partial charge in [0, 0.05) is 18.0 Å². The molecule has 3 N–H and O–H groups in total. The van der Waals surface area contributed by atoms with Crippen LogP contribution < -0.4 is 10.1 Å². The van der Waals surface area contributed by atoms with Crippen LogP contribution in [0.3, 0.4) is 0 Å². The van der Waals surface area contributed by atoms with E-state index < -0.39 is 24.1 Å². The third-order valence-electron chi connectivity index (χ3n) is 5.93. The van der Waals surface area contributed by atoms with Gasteiger partial charge in [-0.05, 0) is 46.9 Å². The molecule has 1 amide bonds. The van der Waals surface area contributed by atoms with E-state index in [1.165, 1.54) is 19.2 Å². The summed E-state index contributed by atoms with van der Waals surface area (Å²) in [4.78, 5) is 12.2. The number of fused-ring (bicyclic) bond motifs is 3. The van der Waals surface area contributed by atoms with Gasteiger partial charge in [0.2, 0.25) is 0 Å². The third kappa shape index (κ3) is 4.84. The number of halogens is 1. The number of hydrogen-bond acceptors (Lipinski definition) is 5. The summed E-state index contributed by atoms with van der Waals surface area (Å²) in [6.45, 7) is 0.262. The molecule has 0 saturated carbocycles. The van der Waals surface area contributed by atoms with Crippen molar-refractivity contribution in [1.82, 2.24) is 5.32 Å². The minimum absolute atomic E-state index is 0.0454. The van der Waals surface area contributed by atoms with Gasteiger partial charge in [-0.2, -0.15) is 0 Å². The highest BCUT2D eigenvalue weighted by atomic mass is 19.1. The Morgan fingerprint density at radius 3 is 2.30 bits per heavy atom. The molecule has 0 aliphatic heterocycles. The van der Waals surface area contributed by atoms with Crippen LogP contribution in [-0.2, 0) is 4.74 Å². The summed E-state index contributed by atoms with van der Waals surface area (Å²) in [7, 11) is 1.40. The van der Waals surface area contributed by atoms with E-state index in [-0.39, 0.29) is 36.8 Å². The maximum absolute atomic E-state index is 13.5. The number of alkyl carbamates (subject to hydrolysis) is 1. The predicted molar refractivity (Wildman–Crippen MR) is 122 cm³/mol. The lowest BCUT2D eigenvalue weighted by atomic mass is 9.98. The fraction of sp³-hybridized carbons (Fsp3) is 0.269. The number of carbonyl (C=O) groups excluding carboxylic acids is 1. The number of ether oxygens (including phenoxy) is 2. The van der Waals surface area contributed by atoms with Crippen molar-refractivity contribution in [3.63, 3.8) is 0 Å². The largest absolute Gasteiger partial charge is 0.496 e. The molecule has 2 unspecified atom stereocenters. The van der Waals surface area contributed by atoms with Gasteiger partial charge in [-0.3, -0.25) is 0 Å². The minimum atomic E-state index is -1.36. The van der Waals surface area contributed by atoms with Gasteiger partial charge in [0.1, 0.15) is 24.3 Å². The normalized spacial score (nSPS) is 14.2. The van der Waals surface area contributed by atoms with E-state index in [2.05, 4.69) is 17.4 Å². The maximum atomic E-state index is 13.5. The third-order valence-corrected chi connectivity index (χ3v) is 5.93. The molecule has 0 heterocycles. The number of hydrogen-bond donors (Lipinski definition) is 3. The van der Waals surface area contributed by atoms with E-state index >= 15 is 0 Å². The molecular formula is C26H26FNO5. The Bertz CT molecular complexity index is 1090. The standard InChI is InChI=1S/C26H26FNO5/c1-32-24-11-10-16(27)14-21(24)25(30)23(29)12-13-28-26(31)33-15-22-19-8-4-2-6-17(19)18-7-3-5-9-20(18)22/h2-11,14,22-23,25,29-30H,12-13,15H2,1H3,(H,28,31). The highest BCUT2D eigenvalue weighted by Gasteiger charge is 2.29. The van der Waals surface area contributed by atoms with E-state index in [1.54, 1.807) is 0 Å². The molecule has 6 nitrogen and oxygen atoms in total. The Kier molecular flexibility index (Phi) is 6.91. The zero-order valence-electron chi connectivity index (χ0n) is 18.2. The molecule has 0 fully saturated rings. The summed E-state index contributed by atoms with van der Waals surface area (Å²) in [6.07, 6.45) is -3.15. The monoisotopic (exact) mass is 451 g/mol. The van der Waals surface area contributed by atoms with Crippen LogP contribution in [0.5, 0.6) is 5.75 Å². The number of benzene rings is 3. The Hall–Kier alpha value is -3.42. The minimum Gasteiger partial charge on any atom is -0.496 e. The van der Waals surface area contributed by atoms with Gasteiger partial charge in [0.15, 0.2) is 0 Å². The number of nitrogens with one attached hydrogen (secondary N) is 1. The second kappa shape index (κ2) is 10.0. The van der Waals surface area contributed by atoms with Crippen LogP contribution in [0, 0.1) is 5.82 Å². The molecule has 0 bridgehead atoms. The fourth-order valence-electron chi connectivity index (χ4n) is 4.27. The average molecular weight is 451 g/mol. The first-order valence-electron chi connectivity index (χ1n) is 10.8. The number of carbonyl (C=O) groups is 1. The summed E-state index contributed by atoms with van der Waals surface area (Å²) in [5.74, 6) is -0.322. The van der Waals surface area contributed by atoms with Crippen molar-refractivity contribution in [2.45, 2.75) is 24.5 Å². The van der Waals surface area contributed by atoms with Crippen LogP contribution in [-0.4, -0.2) is 42.7 Å². The van der Waals surface area contributed by atoms with E-state index in [9.17, 15) is 19.4 Å². The molecule has 4 rings (SSSR count). The number of rotatable bonds is 8. The predicted octanol–water partition coefficient (Wildman–Crippen LogP) is 4.16. The average Bonchev–Trinajstić information content (AvgIpc) is 3.16. The van der Waals surface area contributed by atoms with Gasteiger partial charge in [-0.1, -0.05) is 48.5 Å². The number of amides is 1. The second-order valence-electron chi connectivity index (χ2n) is 7.94. The van der Waals surface area contributed by atoms with Gasteiger partial charge in [0.25, 0.3) is 0 Å². The molecule has 7 heteroatoms. The van der Waals surface area contributed by atoms with E-state index in [4.69, 9.17) is 9.47 Å². The van der Waals surface area contributed by atoms with Gasteiger partial charge < -0.3 is 25.0 Å². The SMILES string of the molecule is COc1ccc(F)cc1C(O)C(O)CCNC(=O)OCC1c2ccccc2-c2ccccc21. The van der Waals surface area contributed by atoms with Crippen LogP contribution in [0.4, 0.5) is 9.18 Å². The Balaban J connectivity index is 1.30. The molecule has 1 aliphatic rings. The molecule has 3 aromatic carbocycles. The van der Waals surface area contributed by atoms with Crippen molar-refractivity contribution in [2.24, 2.45) is 0 Å². The Morgan fingerprint density at radius 2 is 1.67 bits per heavy atom. The summed E-state index contributed by atoms with van der Waals surface area (Å²) in [5.41, 5.74) is 4.67. The zero-order valence-corrected chi connectivity index (χ0v) is 18.2. The fourth-order valence-corrected chi connectivity index (χ4v) is 4.27. The van der Waals surface area contributed by atoms with Crippen molar-refractivity contribution in [3.8, 4) is 16.9 Å². The smallest absolute Gasteiger partial charge is 0.407 e. The first kappa shape index (κ1) is 22.8. The Morgan fingerprint density at radius 1 is 1.03 bits per heavy atom. The molecule has 2 atom stereocenters. The van der Waals surface area contributed by atoms with Crippen molar-refractivity contribution >= 4 is 6.09 Å². The summed E-state index contributed by atoms with van der Waals surface area (Å²) in [6, 6.07) is 19.8. The number of aliphatic hydroxyl groups is 2. The lowest BCUT2D eigenvalue weighted by molar-refractivity contribution is 0.0122. The molecule has 0 spiro atoms. The van der Waals surface area contributed by atoms with Crippen LogP contribution in [0.15, 0.2) is 66.7 Å². The first-order chi connectivity index (χ1) is 16.0. The summed E-state index contributed by atoms with van der Waals surface area (Å²) >= 11 is 0. The van der Waals surface area contributed by atoms with Crippen LogP contribution in [0.2, 0.25) is 0 Å². The van der Waals surface area contributed by atoms with Gasteiger partial charge in [-0.25, -0.2) is 9.18 Å². The van der Waals surface area contributed by atoms with Crippen molar-refractivity contribution < 1.29 is 28.9 Å². The molecule has 0 radical (unpaired) electrons. The second-order valence-corrected chi connectivity index (χ2v) is 7.94. The molecule has 1 aliphatic carbocycles. The summed E-state index contributed by atoms with van der Waals surface area (Å²) < 4.78 is 24.1.